The molecule has 2 aromatic rings. The Kier molecular flexibility index (Phi) is 4.28. The number of hydrogen-bond acceptors (Lipinski definition) is 6. The second kappa shape index (κ2) is 6.51. The van der Waals surface area contributed by atoms with Gasteiger partial charge in [0, 0.05) is 12.6 Å². The van der Waals surface area contributed by atoms with E-state index >= 15 is 0 Å². The van der Waals surface area contributed by atoms with E-state index < -0.39 is 6.10 Å². The molecule has 6 heteroatoms. The van der Waals surface area contributed by atoms with E-state index in [4.69, 9.17) is 18.6 Å². The van der Waals surface area contributed by atoms with E-state index in [9.17, 15) is 5.11 Å². The van der Waals surface area contributed by atoms with Crippen LogP contribution in [0.5, 0.6) is 17.2 Å². The molecule has 0 radical (unpaired) electrons. The largest absolute Gasteiger partial charge is 0.491 e. The molecule has 0 aliphatic carbocycles. The maximum absolute atomic E-state index is 9.86. The van der Waals surface area contributed by atoms with Crippen molar-refractivity contribution in [3.05, 3.63) is 42.4 Å². The zero-order valence-electron chi connectivity index (χ0n) is 11.5. The van der Waals surface area contributed by atoms with Crippen molar-refractivity contribution in [2.45, 2.75) is 12.6 Å². The van der Waals surface area contributed by atoms with Gasteiger partial charge < -0.3 is 29.1 Å². The lowest BCUT2D eigenvalue weighted by molar-refractivity contribution is 0.105. The SMILES string of the molecule is OC(CNCc1ccco1)COc1ccc2c(c1)OCO2. The molecule has 3 rings (SSSR count). The number of hydrogen-bond donors (Lipinski definition) is 2. The van der Waals surface area contributed by atoms with Crippen molar-refractivity contribution in [3.8, 4) is 17.2 Å². The summed E-state index contributed by atoms with van der Waals surface area (Å²) in [7, 11) is 0. The Bertz CT molecular complexity index is 569. The second-order valence-corrected chi connectivity index (χ2v) is 4.69. The van der Waals surface area contributed by atoms with Crippen LogP contribution in [0.15, 0.2) is 41.0 Å². The second-order valence-electron chi connectivity index (χ2n) is 4.69. The minimum Gasteiger partial charge on any atom is -0.491 e. The third-order valence-corrected chi connectivity index (χ3v) is 3.05. The van der Waals surface area contributed by atoms with Gasteiger partial charge in [-0.15, -0.1) is 0 Å². The predicted octanol–water partition coefficient (Wildman–Crippen LogP) is 1.54. The molecule has 0 bridgehead atoms. The number of benzene rings is 1. The predicted molar refractivity (Wildman–Crippen MR) is 74.5 cm³/mol. The highest BCUT2D eigenvalue weighted by Crippen LogP contribution is 2.35. The summed E-state index contributed by atoms with van der Waals surface area (Å²) in [6.07, 6.45) is 1.02. The molecule has 112 valence electrons. The van der Waals surface area contributed by atoms with E-state index in [-0.39, 0.29) is 13.4 Å². The summed E-state index contributed by atoms with van der Waals surface area (Å²) >= 11 is 0. The number of ether oxygens (including phenoxy) is 3. The van der Waals surface area contributed by atoms with Gasteiger partial charge in [-0.05, 0) is 24.3 Å². The molecule has 6 nitrogen and oxygen atoms in total. The number of fused-ring (bicyclic) bond motifs is 1. The van der Waals surface area contributed by atoms with Gasteiger partial charge in [-0.2, -0.15) is 0 Å². The number of nitrogens with one attached hydrogen (secondary N) is 1. The Hall–Kier alpha value is -2.18. The van der Waals surface area contributed by atoms with E-state index in [1.165, 1.54) is 0 Å². The Balaban J connectivity index is 1.40. The van der Waals surface area contributed by atoms with Crippen LogP contribution in [-0.4, -0.2) is 31.2 Å². The number of aliphatic hydroxyl groups excluding tert-OH is 1. The van der Waals surface area contributed by atoms with Gasteiger partial charge in [0.15, 0.2) is 11.5 Å². The first-order valence-electron chi connectivity index (χ1n) is 6.75. The van der Waals surface area contributed by atoms with E-state index in [1.54, 1.807) is 24.5 Å². The monoisotopic (exact) mass is 291 g/mol. The van der Waals surface area contributed by atoms with Gasteiger partial charge >= 0.3 is 0 Å². The van der Waals surface area contributed by atoms with E-state index in [0.29, 0.717) is 30.3 Å². The van der Waals surface area contributed by atoms with Crippen molar-refractivity contribution in [3.63, 3.8) is 0 Å². The molecule has 0 amide bonds. The highest BCUT2D eigenvalue weighted by molar-refractivity contribution is 5.46. The first kappa shape index (κ1) is 13.8. The van der Waals surface area contributed by atoms with E-state index in [1.807, 2.05) is 12.1 Å². The minimum atomic E-state index is -0.606. The summed E-state index contributed by atoms with van der Waals surface area (Å²) < 4.78 is 21.2. The van der Waals surface area contributed by atoms with Crippen LogP contribution in [0.2, 0.25) is 0 Å². The van der Waals surface area contributed by atoms with Gasteiger partial charge in [0.25, 0.3) is 0 Å². The van der Waals surface area contributed by atoms with Crippen LogP contribution in [0.25, 0.3) is 0 Å². The van der Waals surface area contributed by atoms with Crippen molar-refractivity contribution in [2.75, 3.05) is 19.9 Å². The lowest BCUT2D eigenvalue weighted by Gasteiger charge is -2.13. The van der Waals surface area contributed by atoms with Gasteiger partial charge in [0.2, 0.25) is 6.79 Å². The number of rotatable bonds is 7. The summed E-state index contributed by atoms with van der Waals surface area (Å²) in [4.78, 5) is 0. The van der Waals surface area contributed by atoms with E-state index in [0.717, 1.165) is 5.76 Å². The van der Waals surface area contributed by atoms with Crippen LogP contribution in [0.4, 0.5) is 0 Å². The molecule has 1 aromatic carbocycles. The zero-order chi connectivity index (χ0) is 14.5. The molecule has 2 heterocycles. The van der Waals surface area contributed by atoms with Gasteiger partial charge in [-0.3, -0.25) is 0 Å². The first-order valence-corrected chi connectivity index (χ1v) is 6.75. The van der Waals surface area contributed by atoms with Crippen LogP contribution in [0, 0.1) is 0 Å². The molecule has 2 N–H and O–H groups in total. The molecule has 21 heavy (non-hydrogen) atoms. The molecule has 1 aliphatic rings. The molecule has 0 fully saturated rings. The topological polar surface area (TPSA) is 73.1 Å². The summed E-state index contributed by atoms with van der Waals surface area (Å²) in [6.45, 7) is 1.43. The van der Waals surface area contributed by atoms with Crippen LogP contribution >= 0.6 is 0 Å². The lowest BCUT2D eigenvalue weighted by Crippen LogP contribution is -2.31. The average Bonchev–Trinajstić information content (AvgIpc) is 3.15. The number of furan rings is 1. The van der Waals surface area contributed by atoms with Crippen molar-refractivity contribution in [1.29, 1.82) is 0 Å². The summed E-state index contributed by atoms with van der Waals surface area (Å²) in [5.41, 5.74) is 0. The molecule has 0 saturated carbocycles. The fourth-order valence-electron chi connectivity index (χ4n) is 1.99. The Morgan fingerprint density at radius 2 is 2.14 bits per heavy atom. The summed E-state index contributed by atoms with van der Waals surface area (Å²) in [6, 6.07) is 9.04. The summed E-state index contributed by atoms with van der Waals surface area (Å²) in [5, 5.41) is 13.0. The standard InChI is InChI=1S/C15H17NO5/c17-11(7-16-8-13-2-1-5-18-13)9-19-12-3-4-14-15(6-12)21-10-20-14/h1-6,11,16-17H,7-10H2. The van der Waals surface area contributed by atoms with Crippen LogP contribution < -0.4 is 19.5 Å². The molecule has 0 spiro atoms. The Morgan fingerprint density at radius 3 is 3.00 bits per heavy atom. The molecule has 1 aliphatic heterocycles. The van der Waals surface area contributed by atoms with Gasteiger partial charge in [-0.25, -0.2) is 0 Å². The first-order chi connectivity index (χ1) is 10.3. The lowest BCUT2D eigenvalue weighted by atomic mass is 10.3. The highest BCUT2D eigenvalue weighted by Gasteiger charge is 2.14. The molecular weight excluding hydrogens is 274 g/mol. The fraction of sp³-hybridized carbons (Fsp3) is 0.333. The van der Waals surface area contributed by atoms with Crippen molar-refractivity contribution in [1.82, 2.24) is 5.32 Å². The maximum atomic E-state index is 9.86. The molecular formula is C15H17NO5. The Morgan fingerprint density at radius 1 is 1.24 bits per heavy atom. The normalized spacial score (nSPS) is 14.1. The average molecular weight is 291 g/mol. The van der Waals surface area contributed by atoms with Gasteiger partial charge in [-0.1, -0.05) is 0 Å². The van der Waals surface area contributed by atoms with Crippen molar-refractivity contribution >= 4 is 0 Å². The number of aliphatic hydroxyl groups is 1. The Labute approximate surface area is 122 Å². The molecule has 1 unspecified atom stereocenters. The smallest absolute Gasteiger partial charge is 0.231 e. The summed E-state index contributed by atoms with van der Waals surface area (Å²) in [5.74, 6) is 2.85. The van der Waals surface area contributed by atoms with E-state index in [2.05, 4.69) is 5.32 Å². The van der Waals surface area contributed by atoms with Gasteiger partial charge in [0.1, 0.15) is 24.2 Å². The quantitative estimate of drug-likeness (QED) is 0.806. The molecule has 1 aromatic heterocycles. The van der Waals surface area contributed by atoms with Crippen molar-refractivity contribution in [2.24, 2.45) is 0 Å². The molecule has 1 atom stereocenters. The maximum Gasteiger partial charge on any atom is 0.231 e. The highest BCUT2D eigenvalue weighted by atomic mass is 16.7. The third kappa shape index (κ3) is 3.68. The minimum absolute atomic E-state index is 0.199. The van der Waals surface area contributed by atoms with Crippen LogP contribution in [-0.2, 0) is 6.54 Å². The third-order valence-electron chi connectivity index (χ3n) is 3.05. The van der Waals surface area contributed by atoms with Crippen LogP contribution in [0.3, 0.4) is 0 Å². The zero-order valence-corrected chi connectivity index (χ0v) is 11.5. The van der Waals surface area contributed by atoms with Crippen molar-refractivity contribution < 1.29 is 23.7 Å². The van der Waals surface area contributed by atoms with Gasteiger partial charge in [0.05, 0.1) is 12.8 Å². The fourth-order valence-corrected chi connectivity index (χ4v) is 1.99. The molecule has 0 saturated heterocycles. The van der Waals surface area contributed by atoms with Crippen LogP contribution in [0.1, 0.15) is 5.76 Å².